The van der Waals surface area contributed by atoms with E-state index in [1.165, 1.54) is 39.6 Å². The number of rotatable bonds is 5. The van der Waals surface area contributed by atoms with Crippen LogP contribution in [0, 0.1) is 30.2 Å². The third kappa shape index (κ3) is 8.64. The molecule has 0 aliphatic rings. The fourth-order valence-corrected chi connectivity index (χ4v) is 10.5. The molecule has 0 N–H and O–H groups in total. The summed E-state index contributed by atoms with van der Waals surface area (Å²) in [4.78, 5) is 9.20. The van der Waals surface area contributed by atoms with Crippen molar-refractivity contribution in [1.29, 1.82) is 0 Å². The summed E-state index contributed by atoms with van der Waals surface area (Å²) in [6, 6.07) is 36.7. The molecule has 2 nitrogen and oxygen atoms in total. The minimum absolute atomic E-state index is 0. The second kappa shape index (κ2) is 15.2. The first-order chi connectivity index (χ1) is 24.1. The Morgan fingerprint density at radius 2 is 1.57 bits per heavy atom. The van der Waals surface area contributed by atoms with Crippen molar-refractivity contribution in [2.24, 2.45) is 5.41 Å². The molecule has 0 amide bonds. The van der Waals surface area contributed by atoms with E-state index in [1.807, 2.05) is 66.7 Å². The fourth-order valence-electron chi connectivity index (χ4n) is 5.94. The maximum atomic E-state index is 13.7. The summed E-state index contributed by atoms with van der Waals surface area (Å²) in [6.45, 7) is 4.64. The van der Waals surface area contributed by atoms with Crippen LogP contribution < -0.4 is 4.40 Å². The number of hydrogen-bond acceptors (Lipinski definition) is 3. The van der Waals surface area contributed by atoms with Gasteiger partial charge < -0.3 is 4.98 Å². The van der Waals surface area contributed by atoms with E-state index in [4.69, 9.17) is 9.10 Å². The van der Waals surface area contributed by atoms with Crippen molar-refractivity contribution in [2.75, 3.05) is 0 Å². The van der Waals surface area contributed by atoms with E-state index < -0.39 is 20.1 Å². The van der Waals surface area contributed by atoms with Gasteiger partial charge in [0.25, 0.3) is 0 Å². The van der Waals surface area contributed by atoms with Gasteiger partial charge in [0.05, 0.1) is 0 Å². The predicted molar refractivity (Wildman–Crippen MR) is 206 cm³/mol. The molecule has 3 heterocycles. The van der Waals surface area contributed by atoms with Gasteiger partial charge in [-0.15, -0.1) is 23.8 Å². The Morgan fingerprint density at radius 3 is 2.27 bits per heavy atom. The number of hydrogen-bond donors (Lipinski definition) is 0. The maximum Gasteiger partial charge on any atom is 0.124 e. The van der Waals surface area contributed by atoms with Gasteiger partial charge in [-0.1, -0.05) is 47.9 Å². The molecule has 0 atom stereocenters. The third-order valence-corrected chi connectivity index (χ3v) is 13.7. The van der Waals surface area contributed by atoms with Crippen LogP contribution in [0.2, 0.25) is 17.3 Å². The summed E-state index contributed by atoms with van der Waals surface area (Å²) < 4.78 is 40.8. The summed E-state index contributed by atoms with van der Waals surface area (Å²) in [5.74, 6) is 7.05. The molecule has 1 radical (unpaired) electrons. The van der Waals surface area contributed by atoms with Crippen molar-refractivity contribution < 1.29 is 28.6 Å². The molecule has 4 aromatic carbocycles. The molecule has 6 heteroatoms. The quantitative estimate of drug-likeness (QED) is 0.127. The van der Waals surface area contributed by atoms with E-state index in [-0.39, 0.29) is 31.5 Å². The molecule has 0 aliphatic carbocycles. The Labute approximate surface area is 314 Å². The molecule has 7 aromatic rings. The number of nitrogens with zero attached hydrogens (tertiary/aromatic N) is 2. The van der Waals surface area contributed by atoms with Crippen LogP contribution in [-0.4, -0.2) is 23.2 Å². The molecular weight excluding hydrogens is 860 g/mol. The van der Waals surface area contributed by atoms with Gasteiger partial charge in [0, 0.05) is 35.1 Å². The van der Waals surface area contributed by atoms with Gasteiger partial charge in [0.1, 0.15) is 5.82 Å². The Morgan fingerprint density at radius 1 is 0.816 bits per heavy atom. The van der Waals surface area contributed by atoms with Gasteiger partial charge in [-0.3, -0.25) is 0 Å². The summed E-state index contributed by atoms with van der Waals surface area (Å²) in [7, 11) is 0. The summed E-state index contributed by atoms with van der Waals surface area (Å²) in [5.41, 5.74) is 6.98. The normalized spacial score (nSPS) is 12.8. The number of fused-ring (bicyclic) bond motifs is 3. The molecule has 0 bridgehead atoms. The van der Waals surface area contributed by atoms with Gasteiger partial charge in [-0.25, -0.2) is 4.39 Å². The molecule has 0 saturated carbocycles. The standard InChI is InChI=1S/C24H15FNS.C19H26GeN.Ir/c1-15-14-26-22(13-21(15)16-6-3-2-4-7-16)20-9-5-8-19-18-11-10-17(25)12-23(18)27-24(19)20;1-19(2,3)13-16-12-18(15-10-8-7-9-11-15)21-14-17(16)20(4,5)6;/h2-8,10-14H,1H3;7-10,12,14H,13H2,1-6H3;/q2*-1;/i1D3;;. The number of pyridine rings is 2. The second-order valence-electron chi connectivity index (χ2n) is 14.3. The van der Waals surface area contributed by atoms with E-state index in [0.29, 0.717) is 16.7 Å². The number of thiophene rings is 1. The zero-order valence-corrected chi connectivity index (χ0v) is 33.9. The first-order valence-corrected chi connectivity index (χ1v) is 24.3. The van der Waals surface area contributed by atoms with Crippen LogP contribution in [0.15, 0.2) is 109 Å². The number of aryl methyl sites for hydroxylation is 1. The van der Waals surface area contributed by atoms with Crippen LogP contribution in [0.5, 0.6) is 0 Å². The summed E-state index contributed by atoms with van der Waals surface area (Å²) in [5, 5.41) is 1.99. The maximum absolute atomic E-state index is 13.7. The molecule has 3 aromatic heterocycles. The van der Waals surface area contributed by atoms with Crippen LogP contribution in [0.1, 0.15) is 36.0 Å². The number of aromatic nitrogens is 2. The first-order valence-electron chi connectivity index (χ1n) is 17.6. The van der Waals surface area contributed by atoms with Crippen molar-refractivity contribution in [3.63, 3.8) is 0 Å². The smallest absolute Gasteiger partial charge is 0.124 e. The fraction of sp³-hybridized carbons (Fsp3) is 0.209. The van der Waals surface area contributed by atoms with Crippen LogP contribution in [-0.2, 0) is 26.5 Å². The number of halogens is 1. The summed E-state index contributed by atoms with van der Waals surface area (Å²) in [6.07, 6.45) is 4.68. The SMILES string of the molecule is CC(C)(C)Cc1cc(-c2[c-]cccc2)nc[c]1[Ge]([CH3])([CH3])[CH3].[2H]C([2H])([2H])c1cnc(-c2[c-]ccc3c2sc2cc(F)ccc23)cc1-c1ccccc1.[Ir]. The van der Waals surface area contributed by atoms with Crippen molar-refractivity contribution in [2.45, 2.75) is 51.3 Å². The Balaban J connectivity index is 0.000000210. The number of benzene rings is 4. The average Bonchev–Trinajstić information content (AvgIpc) is 3.45. The topological polar surface area (TPSA) is 25.8 Å². The largest absolute Gasteiger partial charge is 0.304 e. The van der Waals surface area contributed by atoms with E-state index in [0.717, 1.165) is 49.0 Å². The van der Waals surface area contributed by atoms with Crippen LogP contribution >= 0.6 is 11.3 Å². The zero-order valence-electron chi connectivity index (χ0n) is 31.6. The van der Waals surface area contributed by atoms with Crippen LogP contribution in [0.4, 0.5) is 4.39 Å². The van der Waals surface area contributed by atoms with Crippen LogP contribution in [0.25, 0.3) is 53.8 Å². The predicted octanol–water partition coefficient (Wildman–Crippen LogP) is 11.7. The molecule has 251 valence electrons. The molecule has 0 saturated heterocycles. The first kappa shape index (κ1) is 32.7. The van der Waals surface area contributed by atoms with Gasteiger partial charge in [0.2, 0.25) is 0 Å². The Hall–Kier alpha value is -3.48. The minimum Gasteiger partial charge on any atom is -0.304 e. The minimum atomic E-state index is -2.28. The van der Waals surface area contributed by atoms with Gasteiger partial charge >= 0.3 is 132 Å². The molecule has 0 unspecified atom stereocenters. The molecular formula is C43H41FGeIrN2S-2. The van der Waals surface area contributed by atoms with Gasteiger partial charge in [-0.2, -0.15) is 11.3 Å². The summed E-state index contributed by atoms with van der Waals surface area (Å²) >= 11 is -0.410. The zero-order chi connectivity index (χ0) is 36.6. The van der Waals surface area contributed by atoms with E-state index in [9.17, 15) is 4.39 Å². The van der Waals surface area contributed by atoms with Crippen LogP contribution in [0.3, 0.4) is 0 Å². The van der Waals surface area contributed by atoms with E-state index in [2.05, 4.69) is 73.5 Å². The molecule has 49 heavy (non-hydrogen) atoms. The van der Waals surface area contributed by atoms with Crippen molar-refractivity contribution in [3.05, 3.63) is 139 Å². The van der Waals surface area contributed by atoms with Crippen molar-refractivity contribution in [1.82, 2.24) is 9.97 Å². The Kier molecular flexibility index (Phi) is 10.1. The molecule has 0 spiro atoms. The van der Waals surface area contributed by atoms with Crippen molar-refractivity contribution >= 4 is 49.2 Å². The molecule has 0 fully saturated rings. The molecule has 7 rings (SSSR count). The van der Waals surface area contributed by atoms with Crippen molar-refractivity contribution in [3.8, 4) is 33.6 Å². The Bertz CT molecular complexity index is 2310. The van der Waals surface area contributed by atoms with E-state index in [1.54, 1.807) is 6.07 Å². The van der Waals surface area contributed by atoms with Gasteiger partial charge in [0.15, 0.2) is 0 Å². The monoisotopic (exact) mass is 906 g/mol. The second-order valence-corrected chi connectivity index (χ2v) is 25.9. The third-order valence-electron chi connectivity index (χ3n) is 8.14. The van der Waals surface area contributed by atoms with Gasteiger partial charge in [-0.05, 0) is 51.5 Å². The molecule has 0 aliphatic heterocycles. The van der Waals surface area contributed by atoms with E-state index >= 15 is 0 Å². The average molecular weight is 905 g/mol.